The summed E-state index contributed by atoms with van der Waals surface area (Å²) in [5, 5.41) is 0.630. The summed E-state index contributed by atoms with van der Waals surface area (Å²) in [4.78, 5) is 22.7. The molecule has 0 bridgehead atoms. The van der Waals surface area contributed by atoms with E-state index >= 15 is 0 Å². The van der Waals surface area contributed by atoms with Crippen LogP contribution in [0.3, 0.4) is 0 Å². The van der Waals surface area contributed by atoms with Crippen LogP contribution < -0.4 is 4.74 Å². The van der Waals surface area contributed by atoms with Crippen LogP contribution in [0.25, 0.3) is 0 Å². The summed E-state index contributed by atoms with van der Waals surface area (Å²) in [5.41, 5.74) is 0.910. The summed E-state index contributed by atoms with van der Waals surface area (Å²) in [6, 6.07) is 6.97. The lowest BCUT2D eigenvalue weighted by Gasteiger charge is -2.29. The van der Waals surface area contributed by atoms with Crippen LogP contribution in [0.4, 0.5) is 0 Å². The van der Waals surface area contributed by atoms with E-state index in [4.69, 9.17) is 16.3 Å². The van der Waals surface area contributed by atoms with Gasteiger partial charge in [0.2, 0.25) is 0 Å². The molecule has 1 aromatic heterocycles. The van der Waals surface area contributed by atoms with Gasteiger partial charge in [0.1, 0.15) is 12.1 Å². The van der Waals surface area contributed by atoms with Crippen LogP contribution in [-0.2, 0) is 17.9 Å². The molecule has 0 radical (unpaired) electrons. The molecule has 22 heavy (non-hydrogen) atoms. The number of benzene rings is 1. The second-order valence-electron chi connectivity index (χ2n) is 5.72. The molecular weight excluding hydrogens is 302 g/mol. The zero-order valence-corrected chi connectivity index (χ0v) is 13.2. The summed E-state index contributed by atoms with van der Waals surface area (Å²) < 4.78 is 5.84. The molecule has 6 heteroatoms. The molecule has 1 aliphatic rings. The number of hydrogen-bond acceptors (Lipinski definition) is 4. The van der Waals surface area contributed by atoms with Crippen molar-refractivity contribution in [2.75, 3.05) is 0 Å². The number of aromatic nitrogens is 2. The van der Waals surface area contributed by atoms with Gasteiger partial charge in [-0.1, -0.05) is 11.6 Å². The number of nitrogens with zero attached hydrogens (tertiary/aromatic N) is 3. The molecule has 0 spiro atoms. The van der Waals surface area contributed by atoms with E-state index in [1.807, 2.05) is 0 Å². The molecule has 5 nitrogen and oxygen atoms in total. The van der Waals surface area contributed by atoms with Gasteiger partial charge in [0, 0.05) is 23.3 Å². The Bertz CT molecular complexity index is 676. The van der Waals surface area contributed by atoms with Crippen LogP contribution in [0.15, 0.2) is 36.8 Å². The highest BCUT2D eigenvalue weighted by molar-refractivity contribution is 6.30. The zero-order chi connectivity index (χ0) is 15.7. The third-order valence-electron chi connectivity index (χ3n) is 3.57. The highest BCUT2D eigenvalue weighted by atomic mass is 35.5. The van der Waals surface area contributed by atoms with Gasteiger partial charge in [-0.3, -0.25) is 4.79 Å². The number of fused-ring (bicyclic) bond motifs is 1. The number of ether oxygens (including phenoxy) is 1. The van der Waals surface area contributed by atoms with Crippen LogP contribution in [0.1, 0.15) is 25.1 Å². The molecule has 0 saturated carbocycles. The highest BCUT2D eigenvalue weighted by Gasteiger charge is 2.37. The van der Waals surface area contributed by atoms with E-state index in [0.717, 1.165) is 11.3 Å². The zero-order valence-electron chi connectivity index (χ0n) is 12.4. The van der Waals surface area contributed by atoms with Gasteiger partial charge in [-0.05, 0) is 38.1 Å². The predicted molar refractivity (Wildman–Crippen MR) is 82.4 cm³/mol. The Balaban J connectivity index is 1.73. The van der Waals surface area contributed by atoms with Gasteiger partial charge >= 0.3 is 0 Å². The molecule has 2 heterocycles. The highest BCUT2D eigenvalue weighted by Crippen LogP contribution is 2.26. The molecular formula is C16H16ClN3O2. The maximum absolute atomic E-state index is 12.7. The largest absolute Gasteiger partial charge is 0.478 e. The minimum absolute atomic E-state index is 0.0829. The Morgan fingerprint density at radius 1 is 1.27 bits per heavy atom. The minimum Gasteiger partial charge on any atom is -0.478 e. The third kappa shape index (κ3) is 2.90. The van der Waals surface area contributed by atoms with Crippen molar-refractivity contribution in [2.24, 2.45) is 0 Å². The summed E-state index contributed by atoms with van der Waals surface area (Å²) in [7, 11) is 0. The summed E-state index contributed by atoms with van der Waals surface area (Å²) in [5.74, 6) is 0.528. The quantitative estimate of drug-likeness (QED) is 0.873. The van der Waals surface area contributed by atoms with E-state index in [1.54, 1.807) is 49.2 Å². The monoisotopic (exact) mass is 317 g/mol. The number of amides is 1. The normalized spacial score (nSPS) is 13.9. The molecule has 0 unspecified atom stereocenters. The molecule has 2 aromatic rings. The second-order valence-corrected chi connectivity index (χ2v) is 6.16. The molecule has 114 valence electrons. The van der Waals surface area contributed by atoms with Crippen molar-refractivity contribution in [3.05, 3.63) is 53.1 Å². The van der Waals surface area contributed by atoms with Crippen molar-refractivity contribution in [1.82, 2.24) is 14.9 Å². The maximum Gasteiger partial charge on any atom is 0.266 e. The first-order valence-corrected chi connectivity index (χ1v) is 7.35. The summed E-state index contributed by atoms with van der Waals surface area (Å²) in [6.45, 7) is 4.53. The molecule has 0 saturated heterocycles. The van der Waals surface area contributed by atoms with Crippen molar-refractivity contribution in [3.8, 4) is 5.75 Å². The van der Waals surface area contributed by atoms with E-state index in [2.05, 4.69) is 9.97 Å². The van der Waals surface area contributed by atoms with Gasteiger partial charge in [-0.25, -0.2) is 9.97 Å². The fourth-order valence-corrected chi connectivity index (χ4v) is 2.59. The van der Waals surface area contributed by atoms with Crippen LogP contribution in [-0.4, -0.2) is 26.4 Å². The van der Waals surface area contributed by atoms with Gasteiger partial charge in [0.15, 0.2) is 5.60 Å². The molecule has 3 rings (SSSR count). The first-order chi connectivity index (χ1) is 10.5. The fourth-order valence-electron chi connectivity index (χ4n) is 2.47. The lowest BCUT2D eigenvalue weighted by Crippen LogP contribution is -2.46. The van der Waals surface area contributed by atoms with Gasteiger partial charge < -0.3 is 9.64 Å². The van der Waals surface area contributed by atoms with Gasteiger partial charge in [0.05, 0.1) is 12.2 Å². The minimum atomic E-state index is -0.969. The first-order valence-electron chi connectivity index (χ1n) is 6.97. The molecule has 0 N–H and O–H groups in total. The lowest BCUT2D eigenvalue weighted by atomic mass is 10.1. The second kappa shape index (κ2) is 5.57. The predicted octanol–water partition coefficient (Wildman–Crippen LogP) is 2.83. The van der Waals surface area contributed by atoms with Crippen molar-refractivity contribution in [2.45, 2.75) is 32.5 Å². The molecule has 0 fully saturated rings. The van der Waals surface area contributed by atoms with Crippen LogP contribution >= 0.6 is 11.6 Å². The van der Waals surface area contributed by atoms with Crippen molar-refractivity contribution >= 4 is 17.5 Å². The van der Waals surface area contributed by atoms with Gasteiger partial charge in [-0.2, -0.15) is 0 Å². The van der Waals surface area contributed by atoms with Crippen LogP contribution in [0.2, 0.25) is 5.02 Å². The van der Waals surface area contributed by atoms with E-state index < -0.39 is 5.60 Å². The fraction of sp³-hybridized carbons (Fsp3) is 0.312. The average Bonchev–Trinajstić information content (AvgIpc) is 2.92. The number of hydrogen-bond donors (Lipinski definition) is 0. The lowest BCUT2D eigenvalue weighted by molar-refractivity contribution is -0.146. The van der Waals surface area contributed by atoms with Crippen molar-refractivity contribution in [3.63, 3.8) is 0 Å². The number of carbonyl (C=O) groups excluding carboxylic acids is 1. The topological polar surface area (TPSA) is 55.3 Å². The van der Waals surface area contributed by atoms with Gasteiger partial charge in [-0.15, -0.1) is 0 Å². The Kier molecular flexibility index (Phi) is 3.74. The van der Waals surface area contributed by atoms with E-state index in [0.29, 0.717) is 23.9 Å². The van der Waals surface area contributed by atoms with E-state index in [1.165, 1.54) is 6.33 Å². The van der Waals surface area contributed by atoms with Gasteiger partial charge in [0.25, 0.3) is 5.91 Å². The standard InChI is InChI=1S/C16H16ClN3O2/c1-16(2,22-13-5-3-12(17)4-6-13)15(21)20-8-11-7-18-10-19-14(11)9-20/h3-7,10H,8-9H2,1-2H3. The Morgan fingerprint density at radius 3 is 2.68 bits per heavy atom. The Hall–Kier alpha value is -2.14. The molecule has 0 aliphatic carbocycles. The maximum atomic E-state index is 12.7. The van der Waals surface area contributed by atoms with Crippen LogP contribution in [0, 0.1) is 0 Å². The average molecular weight is 318 g/mol. The van der Waals surface area contributed by atoms with E-state index in [-0.39, 0.29) is 5.91 Å². The molecule has 1 amide bonds. The Morgan fingerprint density at radius 2 is 2.00 bits per heavy atom. The van der Waals surface area contributed by atoms with Crippen molar-refractivity contribution < 1.29 is 9.53 Å². The summed E-state index contributed by atoms with van der Waals surface area (Å²) in [6.07, 6.45) is 3.25. The number of rotatable bonds is 3. The molecule has 1 aliphatic heterocycles. The van der Waals surface area contributed by atoms with E-state index in [9.17, 15) is 4.79 Å². The smallest absolute Gasteiger partial charge is 0.266 e. The Labute approximate surface area is 133 Å². The van der Waals surface area contributed by atoms with Crippen LogP contribution in [0.5, 0.6) is 5.75 Å². The summed E-state index contributed by atoms with van der Waals surface area (Å²) >= 11 is 5.86. The number of halogens is 1. The molecule has 0 atom stereocenters. The number of carbonyl (C=O) groups is 1. The molecule has 1 aromatic carbocycles. The first kappa shape index (κ1) is 14.8. The third-order valence-corrected chi connectivity index (χ3v) is 3.82. The SMILES string of the molecule is CC(C)(Oc1ccc(Cl)cc1)C(=O)N1Cc2cncnc2C1. The van der Waals surface area contributed by atoms with Crippen molar-refractivity contribution in [1.29, 1.82) is 0 Å².